The van der Waals surface area contributed by atoms with Crippen LogP contribution < -0.4 is 0 Å². The number of esters is 2. The third-order valence-corrected chi connectivity index (χ3v) is 5.48. The van der Waals surface area contributed by atoms with Crippen molar-refractivity contribution in [2.75, 3.05) is 0 Å². The maximum Gasteiger partial charge on any atom is 0.496 e. The summed E-state index contributed by atoms with van der Waals surface area (Å²) in [5.74, 6) is -1.20. The van der Waals surface area contributed by atoms with Gasteiger partial charge >= 0.3 is 20.7 Å². The third-order valence-electron chi connectivity index (χ3n) is 3.92. The van der Waals surface area contributed by atoms with Gasteiger partial charge in [0.1, 0.15) is 12.2 Å². The van der Waals surface area contributed by atoms with Crippen molar-refractivity contribution < 1.29 is 43.7 Å². The van der Waals surface area contributed by atoms with E-state index in [9.17, 15) is 34.2 Å². The first-order chi connectivity index (χ1) is 11.8. The highest BCUT2D eigenvalue weighted by Crippen LogP contribution is 2.31. The summed E-state index contributed by atoms with van der Waals surface area (Å²) in [4.78, 5) is 52.0. The maximum atomic E-state index is 11.3. The van der Waals surface area contributed by atoms with E-state index in [-0.39, 0.29) is 25.7 Å². The van der Waals surface area contributed by atoms with Gasteiger partial charge in [0.05, 0.1) is 12.2 Å². The molecule has 5 unspecified atom stereocenters. The molecule has 154 valence electrons. The quantitative estimate of drug-likeness (QED) is 0.224. The zero-order valence-electron chi connectivity index (χ0n) is 15.8. The highest BCUT2D eigenvalue weighted by Gasteiger charge is 2.43. The zero-order chi connectivity index (χ0) is 20.5. The lowest BCUT2D eigenvalue weighted by Gasteiger charge is -2.30. The van der Waals surface area contributed by atoms with Gasteiger partial charge in [0.25, 0.3) is 0 Å². The summed E-state index contributed by atoms with van der Waals surface area (Å²) in [6, 6.07) is 0. The van der Waals surface area contributed by atoms with E-state index < -0.39 is 50.7 Å². The summed E-state index contributed by atoms with van der Waals surface area (Å²) in [5.41, 5.74) is -1.11. The Kier molecular flexibility index (Phi) is 11.2. The number of hydrogen-bond acceptors (Lipinski definition) is 9. The molecule has 0 fully saturated rings. The molecule has 0 spiro atoms. The van der Waals surface area contributed by atoms with Crippen LogP contribution in [-0.4, -0.2) is 69.8 Å². The first kappa shape index (κ1) is 25.0. The molecular weight excluding hydrogens is 364 g/mol. The molecule has 0 bridgehead atoms. The van der Waals surface area contributed by atoms with Gasteiger partial charge in [-0.3, -0.25) is 9.59 Å². The smallest absolute Gasteiger partial charge is 0.462 e. The van der Waals surface area contributed by atoms with Crippen LogP contribution in [0.1, 0.15) is 59.8 Å². The minimum absolute atomic E-state index is 0.0520. The highest BCUT2D eigenvalue weighted by molar-refractivity contribution is 6.58. The van der Waals surface area contributed by atoms with E-state index in [4.69, 9.17) is 9.47 Å². The number of hydrogen-bond donors (Lipinski definition) is 5. The second-order valence-electron chi connectivity index (χ2n) is 6.70. The fourth-order valence-corrected chi connectivity index (χ4v) is 3.91. The van der Waals surface area contributed by atoms with E-state index in [1.165, 1.54) is 20.8 Å². The van der Waals surface area contributed by atoms with Gasteiger partial charge in [0.2, 0.25) is 0 Å². The zero-order valence-corrected chi connectivity index (χ0v) is 16.8. The topological polar surface area (TPSA) is 154 Å². The fourth-order valence-electron chi connectivity index (χ4n) is 2.75. The number of aliphatic hydroxyl groups is 2. The van der Waals surface area contributed by atoms with Crippen LogP contribution in [0.3, 0.4) is 0 Å². The van der Waals surface area contributed by atoms with Crippen LogP contribution in [0.15, 0.2) is 0 Å². The molecule has 10 heteroatoms. The molecular formula is C16H32O9Si. The molecule has 0 heterocycles. The Morgan fingerprint density at radius 3 is 1.62 bits per heavy atom. The van der Waals surface area contributed by atoms with Crippen LogP contribution >= 0.6 is 0 Å². The molecule has 0 aromatic rings. The molecule has 5 N–H and O–H groups in total. The van der Waals surface area contributed by atoms with Gasteiger partial charge in [0.15, 0.2) is 0 Å². The normalized spacial score (nSPS) is 17.7. The van der Waals surface area contributed by atoms with Gasteiger partial charge < -0.3 is 34.1 Å². The Morgan fingerprint density at radius 1 is 0.885 bits per heavy atom. The summed E-state index contributed by atoms with van der Waals surface area (Å²) < 4.78 is 10.2. The summed E-state index contributed by atoms with van der Waals surface area (Å²) in [7, 11) is -4.67. The van der Waals surface area contributed by atoms with Gasteiger partial charge in [-0.1, -0.05) is 6.92 Å². The first-order valence-electron chi connectivity index (χ1n) is 8.72. The standard InChI is InChI=1S/C16H32O9Si/c1-5-13(20)7-15(25-12(4)19)9-16(26(21,22)23)8-14(6-10(2)17)24-11(3)18/h10,13-17,20-23H,5-9H2,1-4H3. The Labute approximate surface area is 154 Å². The summed E-state index contributed by atoms with van der Waals surface area (Å²) in [5, 5.41) is 19.3. The van der Waals surface area contributed by atoms with Gasteiger partial charge in [-0.25, -0.2) is 0 Å². The average molecular weight is 397 g/mol. The minimum Gasteiger partial charge on any atom is -0.462 e. The van der Waals surface area contributed by atoms with Crippen molar-refractivity contribution in [2.24, 2.45) is 0 Å². The largest absolute Gasteiger partial charge is 0.496 e. The molecule has 0 aromatic heterocycles. The molecule has 0 radical (unpaired) electrons. The molecule has 9 nitrogen and oxygen atoms in total. The number of aliphatic hydroxyl groups excluding tert-OH is 2. The highest BCUT2D eigenvalue weighted by atomic mass is 28.4. The predicted octanol–water partition coefficient (Wildman–Crippen LogP) is -0.152. The number of carbonyl (C=O) groups excluding carboxylic acids is 2. The van der Waals surface area contributed by atoms with Crippen molar-refractivity contribution in [3.63, 3.8) is 0 Å². The van der Waals surface area contributed by atoms with Crippen molar-refractivity contribution in [3.8, 4) is 0 Å². The third kappa shape index (κ3) is 11.5. The Bertz CT molecular complexity index is 436. The molecule has 26 heavy (non-hydrogen) atoms. The maximum absolute atomic E-state index is 11.3. The van der Waals surface area contributed by atoms with Crippen LogP contribution in [0.2, 0.25) is 5.54 Å². The number of rotatable bonds is 12. The number of ether oxygens (including phenoxy) is 2. The summed E-state index contributed by atoms with van der Waals surface area (Å²) in [6.45, 7) is 5.61. The van der Waals surface area contributed by atoms with Crippen molar-refractivity contribution >= 4 is 20.7 Å². The lowest BCUT2D eigenvalue weighted by Crippen LogP contribution is -2.44. The fraction of sp³-hybridized carbons (Fsp3) is 0.875. The van der Waals surface area contributed by atoms with Crippen molar-refractivity contribution in [1.29, 1.82) is 0 Å². The second-order valence-corrected chi connectivity index (χ2v) is 8.89. The van der Waals surface area contributed by atoms with E-state index in [2.05, 4.69) is 0 Å². The lowest BCUT2D eigenvalue weighted by molar-refractivity contribution is -0.148. The number of carbonyl (C=O) groups is 2. The van der Waals surface area contributed by atoms with E-state index >= 15 is 0 Å². The van der Waals surface area contributed by atoms with Crippen LogP contribution in [0.5, 0.6) is 0 Å². The minimum atomic E-state index is -4.67. The summed E-state index contributed by atoms with van der Waals surface area (Å²) in [6.07, 6.45) is -2.94. The van der Waals surface area contributed by atoms with Crippen LogP contribution in [0, 0.1) is 0 Å². The SMILES string of the molecule is CCC(O)CC(CC(CC(CC(C)O)OC(C)=O)[Si](O)(O)O)OC(C)=O. The van der Waals surface area contributed by atoms with Crippen LogP contribution in [-0.2, 0) is 19.1 Å². The van der Waals surface area contributed by atoms with Gasteiger partial charge in [-0.2, -0.15) is 0 Å². The molecule has 0 rings (SSSR count). The van der Waals surface area contributed by atoms with E-state index in [0.29, 0.717) is 6.42 Å². The Hall–Kier alpha value is -1.04. The second kappa shape index (κ2) is 11.6. The van der Waals surface area contributed by atoms with Gasteiger partial charge in [-0.05, 0) is 26.2 Å². The molecule has 0 aliphatic carbocycles. The molecule has 0 saturated heterocycles. The monoisotopic (exact) mass is 396 g/mol. The first-order valence-corrected chi connectivity index (χ1v) is 10.6. The van der Waals surface area contributed by atoms with Gasteiger partial charge in [-0.15, -0.1) is 0 Å². The van der Waals surface area contributed by atoms with Crippen molar-refractivity contribution in [2.45, 2.75) is 89.8 Å². The van der Waals surface area contributed by atoms with Crippen molar-refractivity contribution in [1.82, 2.24) is 0 Å². The van der Waals surface area contributed by atoms with E-state index in [1.807, 2.05) is 0 Å². The van der Waals surface area contributed by atoms with Gasteiger partial charge in [0, 0.05) is 32.2 Å². The molecule has 0 aliphatic heterocycles. The van der Waals surface area contributed by atoms with Crippen molar-refractivity contribution in [3.05, 3.63) is 0 Å². The Morgan fingerprint density at radius 2 is 1.31 bits per heavy atom. The van der Waals surface area contributed by atoms with E-state index in [0.717, 1.165) is 0 Å². The summed E-state index contributed by atoms with van der Waals surface area (Å²) >= 11 is 0. The molecule has 0 saturated carbocycles. The molecule has 5 atom stereocenters. The molecule has 0 aliphatic rings. The molecule has 0 aromatic carbocycles. The molecule has 0 amide bonds. The lowest BCUT2D eigenvalue weighted by atomic mass is 10.00. The van der Waals surface area contributed by atoms with E-state index in [1.54, 1.807) is 6.92 Å². The predicted molar refractivity (Wildman–Crippen MR) is 93.7 cm³/mol. The Balaban J connectivity index is 5.28. The average Bonchev–Trinajstić information content (AvgIpc) is 2.43. The van der Waals surface area contributed by atoms with Crippen LogP contribution in [0.25, 0.3) is 0 Å². The van der Waals surface area contributed by atoms with Crippen LogP contribution in [0.4, 0.5) is 0 Å².